The zero-order chi connectivity index (χ0) is 26.2. The van der Waals surface area contributed by atoms with Gasteiger partial charge in [0.15, 0.2) is 0 Å². The highest BCUT2D eigenvalue weighted by atomic mass is 16.4. The first kappa shape index (κ1) is 36.5. The summed E-state index contributed by atoms with van der Waals surface area (Å²) in [5.41, 5.74) is 5.44. The molecule has 35 heavy (non-hydrogen) atoms. The molecule has 0 saturated carbocycles. The van der Waals surface area contributed by atoms with Gasteiger partial charge in [-0.2, -0.15) is 0 Å². The van der Waals surface area contributed by atoms with Crippen LogP contribution in [-0.2, 0) is 4.79 Å². The van der Waals surface area contributed by atoms with Crippen molar-refractivity contribution in [1.29, 1.82) is 0 Å². The van der Waals surface area contributed by atoms with Crippen LogP contribution >= 0.6 is 0 Å². The van der Waals surface area contributed by atoms with Gasteiger partial charge in [0.2, 0.25) is 0 Å². The van der Waals surface area contributed by atoms with Gasteiger partial charge in [-0.3, -0.25) is 4.79 Å². The van der Waals surface area contributed by atoms with Crippen LogP contribution in [0.4, 0.5) is 0 Å². The highest BCUT2D eigenvalue weighted by Crippen LogP contribution is 2.14. The fraction of sp³-hybridized carbons (Fsp3) is 0.968. The molecule has 0 bridgehead atoms. The number of nitrogens with two attached hydrogens (primary N) is 1. The van der Waals surface area contributed by atoms with Crippen molar-refractivity contribution in [2.45, 2.75) is 168 Å². The van der Waals surface area contributed by atoms with Crippen LogP contribution in [0.5, 0.6) is 0 Å². The Morgan fingerprint density at radius 3 is 1.14 bits per heavy atom. The lowest BCUT2D eigenvalue weighted by Gasteiger charge is -2.19. The zero-order valence-electron chi connectivity index (χ0n) is 24.5. The molecule has 0 aliphatic heterocycles. The quantitative estimate of drug-likeness (QED) is 0.111. The van der Waals surface area contributed by atoms with Gasteiger partial charge in [-0.25, -0.2) is 0 Å². The topological polar surface area (TPSA) is 66.6 Å². The summed E-state index contributed by atoms with van der Waals surface area (Å²) < 4.78 is 0. The standard InChI is InChI=1S/C22H44O2.C9H22N2/c1-2-3-4-5-6-7-8-9-10-11-12-13-14-15-16-17-18-19-20-21-22(23)24;1-3-7-11(8-4-2)9-5-6-10/h2-21H2,1H3,(H,23,24);3-10H2,1-2H3. The minimum Gasteiger partial charge on any atom is -0.481 e. The lowest BCUT2D eigenvalue weighted by atomic mass is 10.0. The number of rotatable bonds is 27. The Kier molecular flexibility index (Phi) is 34.9. The first-order chi connectivity index (χ1) is 17.1. The molecular formula is C31H66N2O2. The summed E-state index contributed by atoms with van der Waals surface area (Å²) in [4.78, 5) is 12.9. The maximum absolute atomic E-state index is 10.4. The number of unbranched alkanes of at least 4 members (excludes halogenated alkanes) is 18. The second-order valence-corrected chi connectivity index (χ2v) is 10.5. The molecule has 0 aliphatic rings. The summed E-state index contributed by atoms with van der Waals surface area (Å²) in [6.45, 7) is 11.2. The SMILES string of the molecule is CCCCCCCCCCCCCCCCCCCCCC(=O)O.CCCN(CCC)CCCN. The molecule has 0 fully saturated rings. The number of carboxylic acid groups (broad SMARTS) is 1. The van der Waals surface area contributed by atoms with Gasteiger partial charge in [0.1, 0.15) is 0 Å². The molecule has 0 aromatic carbocycles. The average molecular weight is 499 g/mol. The van der Waals surface area contributed by atoms with Crippen molar-refractivity contribution < 1.29 is 9.90 Å². The highest BCUT2D eigenvalue weighted by Gasteiger charge is 2.00. The lowest BCUT2D eigenvalue weighted by Crippen LogP contribution is -2.27. The zero-order valence-corrected chi connectivity index (χ0v) is 24.5. The smallest absolute Gasteiger partial charge is 0.303 e. The summed E-state index contributed by atoms with van der Waals surface area (Å²) in [7, 11) is 0. The molecule has 0 amide bonds. The normalized spacial score (nSPS) is 11.0. The minimum absolute atomic E-state index is 0.346. The monoisotopic (exact) mass is 499 g/mol. The molecule has 3 N–H and O–H groups in total. The Hall–Kier alpha value is -0.610. The summed E-state index contributed by atoms with van der Waals surface area (Å²) >= 11 is 0. The molecule has 0 aromatic heterocycles. The third-order valence-corrected chi connectivity index (χ3v) is 6.75. The van der Waals surface area contributed by atoms with Gasteiger partial charge in [0.05, 0.1) is 0 Å². The van der Waals surface area contributed by atoms with Gasteiger partial charge in [0, 0.05) is 6.42 Å². The molecule has 0 unspecified atom stereocenters. The maximum atomic E-state index is 10.4. The lowest BCUT2D eigenvalue weighted by molar-refractivity contribution is -0.137. The van der Waals surface area contributed by atoms with Gasteiger partial charge in [-0.15, -0.1) is 0 Å². The molecule has 4 nitrogen and oxygen atoms in total. The Balaban J connectivity index is 0. The molecule has 0 aliphatic carbocycles. The van der Waals surface area contributed by atoms with Crippen molar-refractivity contribution in [1.82, 2.24) is 4.90 Å². The van der Waals surface area contributed by atoms with Crippen LogP contribution in [0.15, 0.2) is 0 Å². The number of nitrogens with zero attached hydrogens (tertiary/aromatic N) is 1. The molecule has 0 spiro atoms. The molecule has 0 heterocycles. The largest absolute Gasteiger partial charge is 0.481 e. The van der Waals surface area contributed by atoms with Crippen molar-refractivity contribution in [3.05, 3.63) is 0 Å². The van der Waals surface area contributed by atoms with Gasteiger partial charge in [-0.05, 0) is 51.9 Å². The van der Waals surface area contributed by atoms with Gasteiger partial charge >= 0.3 is 5.97 Å². The van der Waals surface area contributed by atoms with Crippen LogP contribution in [0.1, 0.15) is 168 Å². The second-order valence-electron chi connectivity index (χ2n) is 10.5. The first-order valence-corrected chi connectivity index (χ1v) is 15.8. The van der Waals surface area contributed by atoms with Gasteiger partial charge in [-0.1, -0.05) is 136 Å². The van der Waals surface area contributed by atoms with Crippen LogP contribution in [0.3, 0.4) is 0 Å². The number of carboxylic acids is 1. The Morgan fingerprint density at radius 1 is 0.514 bits per heavy atom. The van der Waals surface area contributed by atoms with E-state index in [1.54, 1.807) is 0 Å². The number of carbonyl (C=O) groups is 1. The van der Waals surface area contributed by atoms with Crippen LogP contribution in [0.25, 0.3) is 0 Å². The fourth-order valence-electron chi connectivity index (χ4n) is 4.64. The van der Waals surface area contributed by atoms with Gasteiger partial charge in [0.25, 0.3) is 0 Å². The van der Waals surface area contributed by atoms with E-state index in [2.05, 4.69) is 25.7 Å². The summed E-state index contributed by atoms with van der Waals surface area (Å²) in [6.07, 6.45) is 29.7. The Labute approximate surface area is 221 Å². The number of aliphatic carboxylic acids is 1. The summed E-state index contributed by atoms with van der Waals surface area (Å²) in [5, 5.41) is 8.56. The highest BCUT2D eigenvalue weighted by molar-refractivity contribution is 5.66. The predicted octanol–water partition coefficient (Wildman–Crippen LogP) is 9.35. The number of hydrogen-bond donors (Lipinski definition) is 2. The molecule has 0 aromatic rings. The van der Waals surface area contributed by atoms with Crippen LogP contribution in [0.2, 0.25) is 0 Å². The molecule has 0 saturated heterocycles. The average Bonchev–Trinajstić information content (AvgIpc) is 2.84. The van der Waals surface area contributed by atoms with E-state index in [0.29, 0.717) is 6.42 Å². The molecular weight excluding hydrogens is 432 g/mol. The maximum Gasteiger partial charge on any atom is 0.303 e. The van der Waals surface area contributed by atoms with E-state index in [-0.39, 0.29) is 0 Å². The fourth-order valence-corrected chi connectivity index (χ4v) is 4.64. The molecule has 0 radical (unpaired) electrons. The van der Waals surface area contributed by atoms with Gasteiger partial charge < -0.3 is 15.7 Å². The summed E-state index contributed by atoms with van der Waals surface area (Å²) in [6, 6.07) is 0. The van der Waals surface area contributed by atoms with E-state index in [0.717, 1.165) is 25.8 Å². The van der Waals surface area contributed by atoms with Crippen LogP contribution in [0, 0.1) is 0 Å². The molecule has 0 rings (SSSR count). The molecule has 212 valence electrons. The van der Waals surface area contributed by atoms with E-state index in [9.17, 15) is 4.79 Å². The summed E-state index contributed by atoms with van der Waals surface area (Å²) in [5.74, 6) is -0.651. The van der Waals surface area contributed by atoms with Crippen LogP contribution < -0.4 is 5.73 Å². The first-order valence-electron chi connectivity index (χ1n) is 15.8. The second kappa shape index (κ2) is 33.4. The van der Waals surface area contributed by atoms with E-state index >= 15 is 0 Å². The predicted molar refractivity (Wildman–Crippen MR) is 156 cm³/mol. The van der Waals surface area contributed by atoms with E-state index in [1.807, 2.05) is 0 Å². The van der Waals surface area contributed by atoms with Crippen LogP contribution in [-0.4, -0.2) is 42.2 Å². The van der Waals surface area contributed by atoms with Crippen molar-refractivity contribution >= 4 is 5.97 Å². The third kappa shape index (κ3) is 35.6. The molecule has 0 atom stereocenters. The molecule has 4 heteroatoms. The van der Waals surface area contributed by atoms with E-state index in [4.69, 9.17) is 10.8 Å². The van der Waals surface area contributed by atoms with Crippen molar-refractivity contribution in [2.24, 2.45) is 5.73 Å². The minimum atomic E-state index is -0.651. The number of hydrogen-bond acceptors (Lipinski definition) is 3. The Bertz CT molecular complexity index is 384. The van der Waals surface area contributed by atoms with Crippen molar-refractivity contribution in [2.75, 3.05) is 26.2 Å². The third-order valence-electron chi connectivity index (χ3n) is 6.75. The van der Waals surface area contributed by atoms with E-state index in [1.165, 1.54) is 142 Å². The van der Waals surface area contributed by atoms with Crippen molar-refractivity contribution in [3.8, 4) is 0 Å². The Morgan fingerprint density at radius 2 is 0.857 bits per heavy atom. The van der Waals surface area contributed by atoms with E-state index < -0.39 is 5.97 Å². The van der Waals surface area contributed by atoms with Crippen molar-refractivity contribution in [3.63, 3.8) is 0 Å².